The van der Waals surface area contributed by atoms with Crippen LogP contribution in [0.2, 0.25) is 0 Å². The zero-order valence-corrected chi connectivity index (χ0v) is 17.4. The highest BCUT2D eigenvalue weighted by Gasteiger charge is 2.30. The van der Waals surface area contributed by atoms with Crippen molar-refractivity contribution in [3.63, 3.8) is 0 Å². The SMILES string of the molecule is O=C(Cc1ccc(C(F)(F)F)cc1)N1CCC(Nc2c(Br)cccc2[N+](=O)[O-])CC1. The smallest absolute Gasteiger partial charge is 0.376 e. The Kier molecular flexibility index (Phi) is 6.64. The molecule has 0 saturated carbocycles. The maximum atomic E-state index is 12.6. The Labute approximate surface area is 179 Å². The molecule has 3 rings (SSSR count). The van der Waals surface area contributed by atoms with Crippen LogP contribution in [0.4, 0.5) is 24.5 Å². The maximum absolute atomic E-state index is 12.6. The van der Waals surface area contributed by atoms with E-state index in [4.69, 9.17) is 0 Å². The van der Waals surface area contributed by atoms with Gasteiger partial charge in [0.25, 0.3) is 5.69 Å². The minimum atomic E-state index is -4.40. The number of para-hydroxylation sites is 1. The molecular formula is C20H19BrF3N3O3. The van der Waals surface area contributed by atoms with Gasteiger partial charge in [-0.3, -0.25) is 14.9 Å². The summed E-state index contributed by atoms with van der Waals surface area (Å²) in [6, 6.07) is 9.30. The highest BCUT2D eigenvalue weighted by Crippen LogP contribution is 2.34. The summed E-state index contributed by atoms with van der Waals surface area (Å²) in [6.45, 7) is 0.935. The van der Waals surface area contributed by atoms with Crippen molar-refractivity contribution in [1.29, 1.82) is 0 Å². The van der Waals surface area contributed by atoms with Gasteiger partial charge < -0.3 is 10.2 Å². The molecule has 0 bridgehead atoms. The largest absolute Gasteiger partial charge is 0.416 e. The van der Waals surface area contributed by atoms with Crippen molar-refractivity contribution in [3.8, 4) is 0 Å². The summed E-state index contributed by atoms with van der Waals surface area (Å²) < 4.78 is 38.5. The number of benzene rings is 2. The molecule has 0 spiro atoms. The van der Waals surface area contributed by atoms with E-state index in [1.807, 2.05) is 0 Å². The van der Waals surface area contributed by atoms with E-state index in [1.54, 1.807) is 17.0 Å². The van der Waals surface area contributed by atoms with Gasteiger partial charge in [-0.25, -0.2) is 0 Å². The van der Waals surface area contributed by atoms with E-state index in [0.29, 0.717) is 41.7 Å². The molecule has 30 heavy (non-hydrogen) atoms. The predicted octanol–water partition coefficient (Wildman–Crippen LogP) is 5.02. The number of hydrogen-bond donors (Lipinski definition) is 1. The molecule has 1 amide bonds. The van der Waals surface area contributed by atoms with Gasteiger partial charge in [0.2, 0.25) is 5.91 Å². The van der Waals surface area contributed by atoms with Crippen molar-refractivity contribution in [2.45, 2.75) is 31.5 Å². The standard InChI is InChI=1S/C20H19BrF3N3O3/c21-16-2-1-3-17(27(29)30)19(16)25-15-8-10-26(11-9-15)18(28)12-13-4-6-14(7-5-13)20(22,23)24/h1-7,15,25H,8-12H2. The Bertz CT molecular complexity index is 927. The van der Waals surface area contributed by atoms with E-state index in [1.165, 1.54) is 18.2 Å². The maximum Gasteiger partial charge on any atom is 0.416 e. The predicted molar refractivity (Wildman–Crippen MR) is 109 cm³/mol. The van der Waals surface area contributed by atoms with E-state index in [-0.39, 0.29) is 24.1 Å². The fourth-order valence-corrected chi connectivity index (χ4v) is 3.85. The number of amides is 1. The lowest BCUT2D eigenvalue weighted by Crippen LogP contribution is -2.43. The summed E-state index contributed by atoms with van der Waals surface area (Å²) in [6.07, 6.45) is -3.15. The van der Waals surface area contributed by atoms with Crippen LogP contribution in [0.25, 0.3) is 0 Å². The van der Waals surface area contributed by atoms with Gasteiger partial charge in [-0.2, -0.15) is 13.2 Å². The molecule has 1 N–H and O–H groups in total. The van der Waals surface area contributed by atoms with E-state index >= 15 is 0 Å². The van der Waals surface area contributed by atoms with Crippen LogP contribution >= 0.6 is 15.9 Å². The van der Waals surface area contributed by atoms with Crippen LogP contribution in [0.15, 0.2) is 46.9 Å². The second-order valence-corrected chi connectivity index (χ2v) is 7.92. The number of anilines is 1. The molecular weight excluding hydrogens is 467 g/mol. The lowest BCUT2D eigenvalue weighted by Gasteiger charge is -2.33. The van der Waals surface area contributed by atoms with Crippen molar-refractivity contribution >= 4 is 33.2 Å². The first-order chi connectivity index (χ1) is 14.1. The first-order valence-corrected chi connectivity index (χ1v) is 10.1. The zero-order valence-electron chi connectivity index (χ0n) is 15.8. The number of nitro groups is 1. The summed E-state index contributed by atoms with van der Waals surface area (Å²) in [5.74, 6) is -0.153. The molecule has 1 heterocycles. The van der Waals surface area contributed by atoms with Gasteiger partial charge in [0.15, 0.2) is 0 Å². The van der Waals surface area contributed by atoms with Crippen molar-refractivity contribution in [2.75, 3.05) is 18.4 Å². The molecule has 0 aliphatic carbocycles. The lowest BCUT2D eigenvalue weighted by atomic mass is 10.0. The average Bonchev–Trinajstić information content (AvgIpc) is 2.69. The molecule has 1 saturated heterocycles. The number of likely N-dealkylation sites (tertiary alicyclic amines) is 1. The Hall–Kier alpha value is -2.62. The summed E-state index contributed by atoms with van der Waals surface area (Å²) in [5, 5.41) is 14.4. The number of carbonyl (C=O) groups is 1. The fourth-order valence-electron chi connectivity index (χ4n) is 3.38. The molecule has 1 aliphatic rings. The van der Waals surface area contributed by atoms with Crippen molar-refractivity contribution in [1.82, 2.24) is 4.90 Å². The summed E-state index contributed by atoms with van der Waals surface area (Å²) in [7, 11) is 0. The molecule has 1 fully saturated rings. The molecule has 2 aromatic rings. The van der Waals surface area contributed by atoms with Crippen LogP contribution in [0.3, 0.4) is 0 Å². The minimum Gasteiger partial charge on any atom is -0.376 e. The van der Waals surface area contributed by atoms with Crippen LogP contribution in [0.1, 0.15) is 24.0 Å². The van der Waals surface area contributed by atoms with Crippen molar-refractivity contribution in [2.24, 2.45) is 0 Å². The third-order valence-corrected chi connectivity index (χ3v) is 5.68. The zero-order chi connectivity index (χ0) is 21.9. The van der Waals surface area contributed by atoms with Gasteiger partial charge in [-0.15, -0.1) is 0 Å². The first kappa shape index (κ1) is 22.1. The number of nitro benzene ring substituents is 1. The fraction of sp³-hybridized carbons (Fsp3) is 0.350. The summed E-state index contributed by atoms with van der Waals surface area (Å²) in [4.78, 5) is 25.0. The Morgan fingerprint density at radius 3 is 2.37 bits per heavy atom. The normalized spacial score (nSPS) is 15.1. The van der Waals surface area contributed by atoms with E-state index in [0.717, 1.165) is 12.1 Å². The van der Waals surface area contributed by atoms with Gasteiger partial charge in [-0.05, 0) is 52.5 Å². The van der Waals surface area contributed by atoms with Crippen LogP contribution in [-0.2, 0) is 17.4 Å². The van der Waals surface area contributed by atoms with Gasteiger partial charge in [0.1, 0.15) is 5.69 Å². The number of alkyl halides is 3. The second kappa shape index (κ2) is 9.03. The highest BCUT2D eigenvalue weighted by molar-refractivity contribution is 9.10. The quantitative estimate of drug-likeness (QED) is 0.476. The Morgan fingerprint density at radius 1 is 1.17 bits per heavy atom. The topological polar surface area (TPSA) is 75.5 Å². The first-order valence-electron chi connectivity index (χ1n) is 9.28. The molecule has 0 aromatic heterocycles. The van der Waals surface area contributed by atoms with Crippen LogP contribution < -0.4 is 5.32 Å². The minimum absolute atomic E-state index is 0.0230. The third-order valence-electron chi connectivity index (χ3n) is 5.02. The van der Waals surface area contributed by atoms with Crippen LogP contribution in [0, 0.1) is 10.1 Å². The number of rotatable bonds is 5. The molecule has 2 aromatic carbocycles. The molecule has 160 valence electrons. The Balaban J connectivity index is 1.56. The van der Waals surface area contributed by atoms with Gasteiger partial charge in [-0.1, -0.05) is 18.2 Å². The summed E-state index contributed by atoms with van der Waals surface area (Å²) >= 11 is 3.33. The molecule has 0 atom stereocenters. The lowest BCUT2D eigenvalue weighted by molar-refractivity contribution is -0.384. The second-order valence-electron chi connectivity index (χ2n) is 7.06. The number of piperidine rings is 1. The number of carbonyl (C=O) groups excluding carboxylic acids is 1. The molecule has 1 aliphatic heterocycles. The Morgan fingerprint density at radius 2 is 1.80 bits per heavy atom. The van der Waals surface area contributed by atoms with Crippen molar-refractivity contribution < 1.29 is 22.9 Å². The molecule has 0 unspecified atom stereocenters. The van der Waals surface area contributed by atoms with Gasteiger partial charge >= 0.3 is 6.18 Å². The molecule has 0 radical (unpaired) electrons. The van der Waals surface area contributed by atoms with E-state index in [2.05, 4.69) is 21.2 Å². The third kappa shape index (κ3) is 5.29. The monoisotopic (exact) mass is 485 g/mol. The number of nitrogens with zero attached hydrogens (tertiary/aromatic N) is 2. The van der Waals surface area contributed by atoms with E-state index in [9.17, 15) is 28.1 Å². The van der Waals surface area contributed by atoms with Gasteiger partial charge in [0.05, 0.1) is 16.9 Å². The number of hydrogen-bond acceptors (Lipinski definition) is 4. The van der Waals surface area contributed by atoms with Crippen molar-refractivity contribution in [3.05, 3.63) is 68.2 Å². The van der Waals surface area contributed by atoms with Crippen LogP contribution in [0.5, 0.6) is 0 Å². The van der Waals surface area contributed by atoms with Crippen LogP contribution in [-0.4, -0.2) is 34.9 Å². The molecule has 10 heteroatoms. The number of halogens is 4. The highest BCUT2D eigenvalue weighted by atomic mass is 79.9. The van der Waals surface area contributed by atoms with E-state index < -0.39 is 16.7 Å². The summed E-state index contributed by atoms with van der Waals surface area (Å²) in [5.41, 5.74) is 0.172. The molecule has 6 nitrogen and oxygen atoms in total. The van der Waals surface area contributed by atoms with Gasteiger partial charge in [0, 0.05) is 29.7 Å². The number of nitrogens with one attached hydrogen (secondary N) is 1. The average molecular weight is 486 g/mol.